The molecule has 13 heavy (non-hydrogen) atoms. The Hall–Kier alpha value is -0.730. The van der Waals surface area contributed by atoms with Gasteiger partial charge in [0.15, 0.2) is 0 Å². The van der Waals surface area contributed by atoms with E-state index >= 15 is 0 Å². The van der Waals surface area contributed by atoms with Crippen molar-refractivity contribution in [2.75, 3.05) is 13.2 Å². The summed E-state index contributed by atoms with van der Waals surface area (Å²) >= 11 is 5.93. The number of ether oxygens (including phenoxy) is 2. The number of hydrogen-bond donors (Lipinski definition) is 0. The van der Waals surface area contributed by atoms with Gasteiger partial charge in [0, 0.05) is 0 Å². The summed E-state index contributed by atoms with van der Waals surface area (Å²) in [4.78, 5) is 0. The Morgan fingerprint density at radius 2 is 2.38 bits per heavy atom. The van der Waals surface area contributed by atoms with Gasteiger partial charge >= 0.3 is 0 Å². The van der Waals surface area contributed by atoms with Gasteiger partial charge in [-0.3, -0.25) is 0 Å². The van der Waals surface area contributed by atoms with Gasteiger partial charge in [-0.2, -0.15) is 0 Å². The van der Waals surface area contributed by atoms with Crippen molar-refractivity contribution in [2.45, 2.75) is 13.0 Å². The van der Waals surface area contributed by atoms with Crippen LogP contribution in [0.3, 0.4) is 0 Å². The molecule has 0 amide bonds. The van der Waals surface area contributed by atoms with E-state index in [0.29, 0.717) is 11.6 Å². The van der Waals surface area contributed by atoms with Gasteiger partial charge in [-0.1, -0.05) is 17.7 Å². The average molecular weight is 199 g/mol. The van der Waals surface area contributed by atoms with Gasteiger partial charge < -0.3 is 9.47 Å². The maximum atomic E-state index is 5.93. The quantitative estimate of drug-likeness (QED) is 0.696. The smallest absolute Gasteiger partial charge is 0.138 e. The highest BCUT2D eigenvalue weighted by atomic mass is 35.5. The largest absolute Gasteiger partial charge is 0.489 e. The first kappa shape index (κ1) is 8.85. The normalized spacial score (nSPS) is 20.0. The van der Waals surface area contributed by atoms with Crippen LogP contribution in [0.1, 0.15) is 5.56 Å². The van der Waals surface area contributed by atoms with Gasteiger partial charge in [0.25, 0.3) is 0 Å². The number of hydrogen-bond acceptors (Lipinski definition) is 2. The second-order valence-electron chi connectivity index (χ2n) is 3.20. The number of epoxide rings is 1. The maximum Gasteiger partial charge on any atom is 0.138 e. The van der Waals surface area contributed by atoms with Crippen LogP contribution in [-0.4, -0.2) is 19.3 Å². The van der Waals surface area contributed by atoms with Gasteiger partial charge in [0.1, 0.15) is 18.5 Å². The number of halogens is 1. The minimum absolute atomic E-state index is 0.275. The molecule has 0 N–H and O–H groups in total. The van der Waals surface area contributed by atoms with Crippen molar-refractivity contribution >= 4 is 11.6 Å². The van der Waals surface area contributed by atoms with Crippen LogP contribution in [0.15, 0.2) is 18.2 Å². The number of benzene rings is 1. The molecule has 0 unspecified atom stereocenters. The molecule has 1 aliphatic rings. The Kier molecular flexibility index (Phi) is 2.42. The van der Waals surface area contributed by atoms with Crippen LogP contribution in [0.5, 0.6) is 5.75 Å². The maximum absolute atomic E-state index is 5.93. The van der Waals surface area contributed by atoms with Crippen LogP contribution in [0.25, 0.3) is 0 Å². The monoisotopic (exact) mass is 198 g/mol. The van der Waals surface area contributed by atoms with Crippen molar-refractivity contribution in [3.05, 3.63) is 28.8 Å². The molecule has 0 aromatic heterocycles. The lowest BCUT2D eigenvalue weighted by atomic mass is 10.2. The molecule has 0 radical (unpaired) electrons. The predicted octanol–water partition coefficient (Wildman–Crippen LogP) is 2.43. The zero-order chi connectivity index (χ0) is 9.26. The minimum Gasteiger partial charge on any atom is -0.489 e. The van der Waals surface area contributed by atoms with E-state index in [1.165, 1.54) is 0 Å². The van der Waals surface area contributed by atoms with Crippen LogP contribution in [-0.2, 0) is 4.74 Å². The van der Waals surface area contributed by atoms with E-state index in [4.69, 9.17) is 21.1 Å². The Morgan fingerprint density at radius 1 is 1.62 bits per heavy atom. The highest BCUT2D eigenvalue weighted by molar-refractivity contribution is 6.32. The van der Waals surface area contributed by atoms with Gasteiger partial charge in [0.05, 0.1) is 11.6 Å². The predicted molar refractivity (Wildman–Crippen MR) is 51.4 cm³/mol. The summed E-state index contributed by atoms with van der Waals surface area (Å²) < 4.78 is 10.5. The Labute approximate surface area is 82.4 Å². The van der Waals surface area contributed by atoms with Crippen molar-refractivity contribution in [1.82, 2.24) is 0 Å². The van der Waals surface area contributed by atoms with E-state index in [-0.39, 0.29) is 6.10 Å². The van der Waals surface area contributed by atoms with Crippen molar-refractivity contribution in [1.29, 1.82) is 0 Å². The van der Waals surface area contributed by atoms with Crippen molar-refractivity contribution in [3.8, 4) is 5.75 Å². The summed E-state index contributed by atoms with van der Waals surface area (Å²) in [5.41, 5.74) is 1.15. The lowest BCUT2D eigenvalue weighted by molar-refractivity contribution is 0.263. The second kappa shape index (κ2) is 3.56. The van der Waals surface area contributed by atoms with Crippen LogP contribution >= 0.6 is 11.6 Å². The van der Waals surface area contributed by atoms with Gasteiger partial charge in [-0.25, -0.2) is 0 Å². The van der Waals surface area contributed by atoms with E-state index in [1.807, 2.05) is 25.1 Å². The fourth-order valence-electron chi connectivity index (χ4n) is 1.07. The molecule has 0 bridgehead atoms. The zero-order valence-corrected chi connectivity index (χ0v) is 8.17. The molecule has 70 valence electrons. The van der Waals surface area contributed by atoms with Gasteiger partial charge in [-0.05, 0) is 24.6 Å². The molecule has 1 atom stereocenters. The first-order valence-corrected chi connectivity index (χ1v) is 4.64. The summed E-state index contributed by atoms with van der Waals surface area (Å²) in [5, 5.41) is 0.659. The summed E-state index contributed by atoms with van der Waals surface area (Å²) in [7, 11) is 0. The lowest BCUT2D eigenvalue weighted by Gasteiger charge is -2.06. The van der Waals surface area contributed by atoms with Crippen molar-refractivity contribution < 1.29 is 9.47 Å². The molecule has 0 spiro atoms. The fourth-order valence-corrected chi connectivity index (χ4v) is 1.24. The molecule has 0 saturated carbocycles. The first-order valence-electron chi connectivity index (χ1n) is 4.26. The summed E-state index contributed by atoms with van der Waals surface area (Å²) in [6.45, 7) is 3.42. The fraction of sp³-hybridized carbons (Fsp3) is 0.400. The van der Waals surface area contributed by atoms with Crippen LogP contribution in [0.4, 0.5) is 0 Å². The Balaban J connectivity index is 2.03. The molecule has 0 aliphatic carbocycles. The number of aryl methyl sites for hydroxylation is 1. The molecule has 1 heterocycles. The molecular weight excluding hydrogens is 188 g/mol. The van der Waals surface area contributed by atoms with E-state index in [2.05, 4.69) is 0 Å². The Morgan fingerprint density at radius 3 is 3.08 bits per heavy atom. The van der Waals surface area contributed by atoms with E-state index in [0.717, 1.165) is 17.9 Å². The molecule has 3 heteroatoms. The topological polar surface area (TPSA) is 21.8 Å². The summed E-state index contributed by atoms with van der Waals surface area (Å²) in [5.74, 6) is 0.747. The molecule has 2 nitrogen and oxygen atoms in total. The molecule has 1 aliphatic heterocycles. The highest BCUT2D eigenvalue weighted by Gasteiger charge is 2.23. The van der Waals surface area contributed by atoms with Crippen LogP contribution in [0, 0.1) is 6.92 Å². The first-order chi connectivity index (χ1) is 6.25. The summed E-state index contributed by atoms with van der Waals surface area (Å²) in [6.07, 6.45) is 0.275. The minimum atomic E-state index is 0.275. The highest BCUT2D eigenvalue weighted by Crippen LogP contribution is 2.26. The van der Waals surface area contributed by atoms with E-state index in [1.54, 1.807) is 0 Å². The zero-order valence-electron chi connectivity index (χ0n) is 7.42. The van der Waals surface area contributed by atoms with Crippen molar-refractivity contribution in [3.63, 3.8) is 0 Å². The third kappa shape index (κ3) is 2.36. The molecular formula is C10H11ClO2. The van der Waals surface area contributed by atoms with Gasteiger partial charge in [-0.15, -0.1) is 0 Å². The molecule has 1 fully saturated rings. The Bertz CT molecular complexity index is 308. The molecule has 1 aromatic carbocycles. The van der Waals surface area contributed by atoms with E-state index < -0.39 is 0 Å². The standard InChI is InChI=1S/C10H11ClO2/c1-7-2-3-9(11)10(4-7)13-6-8-5-12-8/h2-4,8H,5-6H2,1H3/t8-/m1/s1. The molecule has 2 rings (SSSR count). The van der Waals surface area contributed by atoms with E-state index in [9.17, 15) is 0 Å². The second-order valence-corrected chi connectivity index (χ2v) is 3.61. The van der Waals surface area contributed by atoms with Crippen LogP contribution in [0.2, 0.25) is 5.02 Å². The molecule has 1 saturated heterocycles. The summed E-state index contributed by atoms with van der Waals surface area (Å²) in [6, 6.07) is 5.74. The number of rotatable bonds is 3. The van der Waals surface area contributed by atoms with Crippen molar-refractivity contribution in [2.24, 2.45) is 0 Å². The third-order valence-corrected chi connectivity index (χ3v) is 2.23. The third-order valence-electron chi connectivity index (χ3n) is 1.91. The SMILES string of the molecule is Cc1ccc(Cl)c(OC[C@H]2CO2)c1. The lowest BCUT2D eigenvalue weighted by Crippen LogP contribution is -2.04. The molecule has 1 aromatic rings. The van der Waals surface area contributed by atoms with Gasteiger partial charge in [0.2, 0.25) is 0 Å². The van der Waals surface area contributed by atoms with Crippen LogP contribution < -0.4 is 4.74 Å². The average Bonchev–Trinajstić information content (AvgIpc) is 2.90.